The summed E-state index contributed by atoms with van der Waals surface area (Å²) in [6.45, 7) is 2.16. The first-order valence-corrected chi connectivity index (χ1v) is 7.34. The molecular formula is C13H19N5S. The van der Waals surface area contributed by atoms with E-state index in [0.29, 0.717) is 0 Å². The van der Waals surface area contributed by atoms with Crippen LogP contribution in [0.15, 0.2) is 29.2 Å². The van der Waals surface area contributed by atoms with Crippen LogP contribution in [0, 0.1) is 0 Å². The van der Waals surface area contributed by atoms with E-state index in [9.17, 15) is 0 Å². The van der Waals surface area contributed by atoms with Crippen molar-refractivity contribution in [3.63, 3.8) is 0 Å². The Balaban J connectivity index is 2.08. The summed E-state index contributed by atoms with van der Waals surface area (Å²) in [5.41, 5.74) is 1.25. The Hall–Kier alpha value is -1.40. The normalized spacial score (nSPS) is 12.6. The zero-order chi connectivity index (χ0) is 13.7. The van der Waals surface area contributed by atoms with Gasteiger partial charge in [-0.05, 0) is 35.7 Å². The van der Waals surface area contributed by atoms with Crippen molar-refractivity contribution in [2.24, 2.45) is 7.05 Å². The second-order valence-corrected chi connectivity index (χ2v) is 5.58. The van der Waals surface area contributed by atoms with Gasteiger partial charge in [0.1, 0.15) is 0 Å². The van der Waals surface area contributed by atoms with E-state index in [0.717, 1.165) is 18.0 Å². The molecule has 0 radical (unpaired) electrons. The lowest BCUT2D eigenvalue weighted by Crippen LogP contribution is -2.19. The number of hydrogen-bond donors (Lipinski definition) is 1. The topological polar surface area (TPSA) is 55.6 Å². The van der Waals surface area contributed by atoms with Crippen LogP contribution in [0.2, 0.25) is 0 Å². The molecule has 1 unspecified atom stereocenters. The second-order valence-electron chi connectivity index (χ2n) is 4.24. The molecule has 0 amide bonds. The van der Waals surface area contributed by atoms with Crippen molar-refractivity contribution in [1.29, 1.82) is 0 Å². The van der Waals surface area contributed by atoms with E-state index in [1.165, 1.54) is 15.3 Å². The molecule has 2 aromatic rings. The number of likely N-dealkylation sites (N-methyl/N-ethyl adjacent to an activating group) is 1. The molecule has 0 fully saturated rings. The maximum Gasteiger partial charge on any atom is 0.176 e. The third kappa shape index (κ3) is 3.78. The highest BCUT2D eigenvalue weighted by Gasteiger charge is 2.13. The molecule has 0 saturated heterocycles. The summed E-state index contributed by atoms with van der Waals surface area (Å²) >= 11 is 1.85. The molecule has 2 rings (SSSR count). The largest absolute Gasteiger partial charge is 0.313 e. The van der Waals surface area contributed by atoms with Gasteiger partial charge >= 0.3 is 0 Å². The van der Waals surface area contributed by atoms with E-state index < -0.39 is 0 Å². The summed E-state index contributed by atoms with van der Waals surface area (Å²) in [5.74, 6) is 1.85. The van der Waals surface area contributed by atoms with Crippen LogP contribution in [0.25, 0.3) is 0 Å². The number of benzene rings is 1. The van der Waals surface area contributed by atoms with Crippen molar-refractivity contribution in [2.75, 3.05) is 12.8 Å². The lowest BCUT2D eigenvalue weighted by Gasteiger charge is -2.15. The molecule has 0 aliphatic carbocycles. The van der Waals surface area contributed by atoms with Gasteiger partial charge in [-0.25, -0.2) is 0 Å². The van der Waals surface area contributed by atoms with Crippen LogP contribution in [-0.2, 0) is 13.5 Å². The zero-order valence-electron chi connectivity index (χ0n) is 11.5. The lowest BCUT2D eigenvalue weighted by atomic mass is 10.0. The predicted octanol–water partition coefficient (Wildman–Crippen LogP) is 1.83. The molecule has 0 spiro atoms. The van der Waals surface area contributed by atoms with Crippen LogP contribution in [0.4, 0.5) is 0 Å². The summed E-state index contributed by atoms with van der Waals surface area (Å²) in [5, 5.41) is 15.4. The fourth-order valence-electron chi connectivity index (χ4n) is 1.94. The van der Waals surface area contributed by atoms with Crippen molar-refractivity contribution in [3.05, 3.63) is 35.7 Å². The highest BCUT2D eigenvalue weighted by atomic mass is 32.2. The zero-order valence-corrected chi connectivity index (χ0v) is 12.3. The van der Waals surface area contributed by atoms with E-state index in [-0.39, 0.29) is 6.04 Å². The molecule has 0 saturated carbocycles. The van der Waals surface area contributed by atoms with Crippen LogP contribution in [0.5, 0.6) is 0 Å². The molecule has 5 nitrogen and oxygen atoms in total. The number of aryl methyl sites for hydroxylation is 1. The third-order valence-corrected chi connectivity index (χ3v) is 3.77. The summed E-state index contributed by atoms with van der Waals surface area (Å²) in [7, 11) is 3.73. The second kappa shape index (κ2) is 6.68. The Morgan fingerprint density at radius 1 is 1.32 bits per heavy atom. The van der Waals surface area contributed by atoms with Gasteiger partial charge in [-0.3, -0.25) is 0 Å². The first kappa shape index (κ1) is 14.0. The molecule has 0 bridgehead atoms. The number of nitrogens with zero attached hydrogens (tertiary/aromatic N) is 4. The highest BCUT2D eigenvalue weighted by molar-refractivity contribution is 7.99. The number of rotatable bonds is 6. The summed E-state index contributed by atoms with van der Waals surface area (Å²) < 4.78 is 0. The average Bonchev–Trinajstić information content (AvgIpc) is 2.83. The fraction of sp³-hybridized carbons (Fsp3) is 0.462. The van der Waals surface area contributed by atoms with Gasteiger partial charge in [0.05, 0.1) is 7.05 Å². The smallest absolute Gasteiger partial charge is 0.176 e. The Morgan fingerprint density at radius 2 is 2.05 bits per heavy atom. The number of nitrogens with one attached hydrogen (secondary N) is 1. The van der Waals surface area contributed by atoms with E-state index in [4.69, 9.17) is 0 Å². The maximum atomic E-state index is 4.22. The number of thioether (sulfide) groups is 1. The maximum absolute atomic E-state index is 4.22. The summed E-state index contributed by atoms with van der Waals surface area (Å²) in [6.07, 6.45) is 0.741. The predicted molar refractivity (Wildman–Crippen MR) is 77.1 cm³/mol. The Kier molecular flexibility index (Phi) is 4.93. The van der Waals surface area contributed by atoms with Gasteiger partial charge in [0, 0.05) is 17.4 Å². The first-order valence-electron chi connectivity index (χ1n) is 6.35. The van der Waals surface area contributed by atoms with Crippen LogP contribution in [-0.4, -0.2) is 33.0 Å². The minimum atomic E-state index is 0.213. The quantitative estimate of drug-likeness (QED) is 0.816. The molecule has 1 N–H and O–H groups in total. The van der Waals surface area contributed by atoms with Crippen molar-refractivity contribution in [3.8, 4) is 0 Å². The Bertz CT molecular complexity index is 508. The molecule has 1 heterocycles. The molecule has 0 aliphatic rings. The average molecular weight is 277 g/mol. The summed E-state index contributed by atoms with van der Waals surface area (Å²) in [6, 6.07) is 8.87. The van der Waals surface area contributed by atoms with Crippen molar-refractivity contribution < 1.29 is 0 Å². The lowest BCUT2D eigenvalue weighted by molar-refractivity contribution is 0.570. The van der Waals surface area contributed by atoms with Crippen LogP contribution in [0.1, 0.15) is 24.4 Å². The molecule has 102 valence electrons. The number of aromatic nitrogens is 4. The van der Waals surface area contributed by atoms with Crippen molar-refractivity contribution in [2.45, 2.75) is 24.3 Å². The third-order valence-electron chi connectivity index (χ3n) is 2.88. The van der Waals surface area contributed by atoms with Gasteiger partial charge in [0.15, 0.2) is 5.82 Å². The molecule has 6 heteroatoms. The van der Waals surface area contributed by atoms with Crippen LogP contribution >= 0.6 is 11.8 Å². The molecule has 1 atom stereocenters. The van der Waals surface area contributed by atoms with Crippen LogP contribution < -0.4 is 5.32 Å². The van der Waals surface area contributed by atoms with Gasteiger partial charge in [-0.2, -0.15) is 4.80 Å². The molecule has 0 aliphatic heterocycles. The Morgan fingerprint density at radius 3 is 2.58 bits per heavy atom. The molecule has 1 aromatic heterocycles. The van der Waals surface area contributed by atoms with Gasteiger partial charge < -0.3 is 5.32 Å². The number of hydrogen-bond acceptors (Lipinski definition) is 5. The van der Waals surface area contributed by atoms with Gasteiger partial charge in [0.2, 0.25) is 0 Å². The van der Waals surface area contributed by atoms with Gasteiger partial charge in [-0.1, -0.05) is 19.1 Å². The van der Waals surface area contributed by atoms with Crippen molar-refractivity contribution in [1.82, 2.24) is 25.5 Å². The van der Waals surface area contributed by atoms with Gasteiger partial charge in [0.25, 0.3) is 0 Å². The van der Waals surface area contributed by atoms with Crippen molar-refractivity contribution >= 4 is 11.8 Å². The SMILES string of the molecule is CCSc1ccc(C(Cc2nnn(C)n2)NC)cc1. The Labute approximate surface area is 117 Å². The first-order chi connectivity index (χ1) is 9.22. The van der Waals surface area contributed by atoms with Gasteiger partial charge in [-0.15, -0.1) is 22.0 Å². The fourth-order valence-corrected chi connectivity index (χ4v) is 2.60. The number of tetrazole rings is 1. The monoisotopic (exact) mass is 277 g/mol. The van der Waals surface area contributed by atoms with E-state index >= 15 is 0 Å². The van der Waals surface area contributed by atoms with E-state index in [2.05, 4.69) is 51.9 Å². The van der Waals surface area contributed by atoms with E-state index in [1.807, 2.05) is 18.8 Å². The molecule has 1 aromatic carbocycles. The highest BCUT2D eigenvalue weighted by Crippen LogP contribution is 2.22. The molecule has 19 heavy (non-hydrogen) atoms. The minimum Gasteiger partial charge on any atom is -0.313 e. The minimum absolute atomic E-state index is 0.213. The van der Waals surface area contributed by atoms with E-state index in [1.54, 1.807) is 7.05 Å². The van der Waals surface area contributed by atoms with Crippen LogP contribution in [0.3, 0.4) is 0 Å². The molecular weight excluding hydrogens is 258 g/mol. The summed E-state index contributed by atoms with van der Waals surface area (Å²) in [4.78, 5) is 2.79. The standard InChI is InChI=1S/C13H19N5S/c1-4-19-11-7-5-10(6-8-11)12(14-2)9-13-15-17-18(3)16-13/h5-8,12,14H,4,9H2,1-3H3.